The highest BCUT2D eigenvalue weighted by atomic mass is 28.4. The predicted octanol–water partition coefficient (Wildman–Crippen LogP) is 2.79. The van der Waals surface area contributed by atoms with Gasteiger partial charge < -0.3 is 8.85 Å². The van der Waals surface area contributed by atoms with Gasteiger partial charge in [-0.3, -0.25) is 0 Å². The summed E-state index contributed by atoms with van der Waals surface area (Å²) in [5, 5.41) is 0. The number of hydrogen-bond donors (Lipinski definition) is 0. The molecule has 4 heteroatoms. The van der Waals surface area contributed by atoms with Gasteiger partial charge in [0.2, 0.25) is 0 Å². The first-order valence-corrected chi connectivity index (χ1v) is 10.6. The van der Waals surface area contributed by atoms with E-state index >= 15 is 0 Å². The average molecular weight is 237 g/mol. The van der Waals surface area contributed by atoms with Crippen molar-refractivity contribution in [2.75, 3.05) is 14.2 Å². The molecule has 0 aliphatic heterocycles. The van der Waals surface area contributed by atoms with Crippen LogP contribution in [0.5, 0.6) is 0 Å². The Hall–Kier alpha value is 0.354. The third-order valence-corrected chi connectivity index (χ3v) is 6.82. The molecule has 0 bridgehead atoms. The van der Waals surface area contributed by atoms with Gasteiger partial charge in [0.15, 0.2) is 0 Å². The molecule has 0 fully saturated rings. The summed E-state index contributed by atoms with van der Waals surface area (Å²) in [7, 11) is 2.17. The Morgan fingerprint density at radius 1 is 1.07 bits per heavy atom. The van der Waals surface area contributed by atoms with Crippen molar-refractivity contribution in [3.8, 4) is 0 Å². The summed E-state index contributed by atoms with van der Waals surface area (Å²) in [6.07, 6.45) is 2.55. The van der Waals surface area contributed by atoms with Gasteiger partial charge in [-0.15, -0.1) is 0 Å². The van der Waals surface area contributed by atoms with Crippen molar-refractivity contribution in [2.45, 2.75) is 51.9 Å². The molecular formula is C10H28O2Si2. The minimum Gasteiger partial charge on any atom is -0.398 e. The van der Waals surface area contributed by atoms with Crippen LogP contribution in [-0.4, -0.2) is 32.3 Å². The van der Waals surface area contributed by atoms with Crippen molar-refractivity contribution in [1.29, 1.82) is 0 Å². The van der Waals surface area contributed by atoms with Crippen molar-refractivity contribution >= 4 is 18.1 Å². The molecule has 88 valence electrons. The van der Waals surface area contributed by atoms with Gasteiger partial charge in [0.05, 0.1) is 0 Å². The van der Waals surface area contributed by atoms with Crippen LogP contribution in [0, 0.1) is 0 Å². The second-order valence-electron chi connectivity index (χ2n) is 3.65. The van der Waals surface area contributed by atoms with Crippen LogP contribution >= 0.6 is 0 Å². The Labute approximate surface area is 93.5 Å². The Morgan fingerprint density at radius 2 is 1.57 bits per heavy atom. The van der Waals surface area contributed by atoms with E-state index in [2.05, 4.69) is 26.9 Å². The van der Waals surface area contributed by atoms with Crippen LogP contribution in [0.1, 0.15) is 26.7 Å². The van der Waals surface area contributed by atoms with Gasteiger partial charge >= 0.3 is 8.56 Å². The van der Waals surface area contributed by atoms with Crippen LogP contribution < -0.4 is 0 Å². The summed E-state index contributed by atoms with van der Waals surface area (Å²) in [5.74, 6) is 0. The standard InChI is InChI=1S/C6H16O2Si.C4H12Si/c1-5-6-9(4,7-2)8-3;1-3-4-5-2/h5-6H2,1-4H3;3-5H2,1-2H3. The van der Waals surface area contributed by atoms with E-state index in [9.17, 15) is 0 Å². The molecule has 0 amide bonds. The van der Waals surface area contributed by atoms with Crippen molar-refractivity contribution in [3.63, 3.8) is 0 Å². The molecule has 0 radical (unpaired) electrons. The predicted molar refractivity (Wildman–Crippen MR) is 70.2 cm³/mol. The average Bonchev–Trinajstić information content (AvgIpc) is 2.20. The van der Waals surface area contributed by atoms with Gasteiger partial charge in [0, 0.05) is 23.7 Å². The largest absolute Gasteiger partial charge is 0.398 e. The number of rotatable bonds is 6. The molecule has 0 saturated heterocycles. The molecule has 0 spiro atoms. The maximum atomic E-state index is 5.24. The molecule has 2 nitrogen and oxygen atoms in total. The molecule has 0 N–H and O–H groups in total. The molecule has 0 atom stereocenters. The first kappa shape index (κ1) is 16.8. The first-order chi connectivity index (χ1) is 6.60. The van der Waals surface area contributed by atoms with E-state index in [-0.39, 0.29) is 0 Å². The second kappa shape index (κ2) is 11.4. The highest BCUT2D eigenvalue weighted by Gasteiger charge is 2.26. The van der Waals surface area contributed by atoms with Crippen molar-refractivity contribution in [2.24, 2.45) is 0 Å². The lowest BCUT2D eigenvalue weighted by atomic mass is 10.6. The molecule has 14 heavy (non-hydrogen) atoms. The van der Waals surface area contributed by atoms with Crippen LogP contribution in [0.4, 0.5) is 0 Å². The maximum Gasteiger partial charge on any atom is 0.334 e. The minimum absolute atomic E-state index is 0.414. The molecule has 0 aromatic heterocycles. The summed E-state index contributed by atoms with van der Waals surface area (Å²) in [6.45, 7) is 8.82. The van der Waals surface area contributed by atoms with E-state index < -0.39 is 8.56 Å². The van der Waals surface area contributed by atoms with Crippen molar-refractivity contribution < 1.29 is 8.85 Å². The van der Waals surface area contributed by atoms with Crippen LogP contribution in [0.15, 0.2) is 0 Å². The summed E-state index contributed by atoms with van der Waals surface area (Å²) in [4.78, 5) is 0. The fourth-order valence-electron chi connectivity index (χ4n) is 1.10. The molecule has 0 aliphatic carbocycles. The fourth-order valence-corrected chi connectivity index (χ4v) is 3.29. The Balaban J connectivity index is 0. The zero-order valence-electron chi connectivity index (χ0n) is 10.9. The second-order valence-corrected chi connectivity index (χ2v) is 8.94. The lowest BCUT2D eigenvalue weighted by molar-refractivity contribution is 0.249. The fraction of sp³-hybridized carbons (Fsp3) is 1.00. The van der Waals surface area contributed by atoms with Crippen molar-refractivity contribution in [3.05, 3.63) is 0 Å². The van der Waals surface area contributed by atoms with E-state index in [0.717, 1.165) is 12.5 Å². The van der Waals surface area contributed by atoms with Gasteiger partial charge in [-0.05, 0) is 12.6 Å². The molecule has 0 saturated carbocycles. The van der Waals surface area contributed by atoms with Gasteiger partial charge in [-0.1, -0.05) is 39.3 Å². The zero-order valence-corrected chi connectivity index (χ0v) is 13.3. The molecule has 0 aliphatic rings. The van der Waals surface area contributed by atoms with Crippen LogP contribution in [0.25, 0.3) is 0 Å². The summed E-state index contributed by atoms with van der Waals surface area (Å²) >= 11 is 0. The number of hydrogen-bond acceptors (Lipinski definition) is 2. The van der Waals surface area contributed by atoms with E-state index in [0.29, 0.717) is 9.52 Å². The Morgan fingerprint density at radius 3 is 1.64 bits per heavy atom. The van der Waals surface area contributed by atoms with E-state index in [1.165, 1.54) is 12.5 Å². The topological polar surface area (TPSA) is 18.5 Å². The first-order valence-electron chi connectivity index (χ1n) is 5.70. The molecule has 0 rings (SSSR count). The quantitative estimate of drug-likeness (QED) is 0.660. The molecule has 0 unspecified atom stereocenters. The summed E-state index contributed by atoms with van der Waals surface area (Å²) < 4.78 is 10.5. The highest BCUT2D eigenvalue weighted by Crippen LogP contribution is 2.12. The van der Waals surface area contributed by atoms with Crippen LogP contribution in [-0.2, 0) is 8.85 Å². The van der Waals surface area contributed by atoms with Crippen molar-refractivity contribution in [1.82, 2.24) is 0 Å². The molecule has 0 aromatic rings. The minimum atomic E-state index is -1.70. The SMILES string of the molecule is CCC[SiH2]C.CCC[Si](C)(OC)OC. The summed E-state index contributed by atoms with van der Waals surface area (Å²) in [6, 6.07) is 2.61. The van der Waals surface area contributed by atoms with E-state index in [1.807, 2.05) is 0 Å². The normalized spacial score (nSPS) is 11.6. The monoisotopic (exact) mass is 236 g/mol. The Kier molecular flexibility index (Phi) is 13.7. The van der Waals surface area contributed by atoms with Gasteiger partial charge in [-0.2, -0.15) is 0 Å². The summed E-state index contributed by atoms with van der Waals surface area (Å²) in [5.41, 5.74) is 0. The van der Waals surface area contributed by atoms with Crippen LogP contribution in [0.3, 0.4) is 0 Å². The highest BCUT2D eigenvalue weighted by molar-refractivity contribution is 6.65. The Bertz CT molecular complexity index is 104. The molecule has 0 heterocycles. The van der Waals surface area contributed by atoms with E-state index in [4.69, 9.17) is 8.85 Å². The zero-order chi connectivity index (χ0) is 11.4. The van der Waals surface area contributed by atoms with Gasteiger partial charge in [-0.25, -0.2) is 0 Å². The van der Waals surface area contributed by atoms with E-state index in [1.54, 1.807) is 14.2 Å². The lowest BCUT2D eigenvalue weighted by Crippen LogP contribution is -2.35. The maximum absolute atomic E-state index is 5.24. The third kappa shape index (κ3) is 10.4. The third-order valence-electron chi connectivity index (χ3n) is 2.27. The smallest absolute Gasteiger partial charge is 0.334 e. The molecule has 0 aromatic carbocycles. The molecular weight excluding hydrogens is 208 g/mol. The van der Waals surface area contributed by atoms with Gasteiger partial charge in [0.25, 0.3) is 0 Å². The lowest BCUT2D eigenvalue weighted by Gasteiger charge is -2.21. The van der Waals surface area contributed by atoms with Crippen LogP contribution in [0.2, 0.25) is 25.2 Å². The van der Waals surface area contributed by atoms with Gasteiger partial charge in [0.1, 0.15) is 0 Å².